The van der Waals surface area contributed by atoms with E-state index in [2.05, 4.69) is 10.0 Å². The molecular formula is C28H34N4O6S. The highest BCUT2D eigenvalue weighted by Gasteiger charge is 2.35. The van der Waals surface area contributed by atoms with Gasteiger partial charge >= 0.3 is 6.03 Å². The number of likely N-dealkylation sites (N-methyl/N-ethyl adjacent to an activating group) is 1. The molecular weight excluding hydrogens is 520 g/mol. The Balaban J connectivity index is 1.64. The monoisotopic (exact) mass is 554 g/mol. The zero-order chi connectivity index (χ0) is 28.3. The number of hydrogen-bond acceptors (Lipinski definition) is 6. The van der Waals surface area contributed by atoms with Crippen LogP contribution in [0.4, 0.5) is 16.2 Å². The number of aliphatic hydroxyl groups excluding tert-OH is 1. The van der Waals surface area contributed by atoms with E-state index in [1.807, 2.05) is 49.4 Å². The maximum Gasteiger partial charge on any atom is 0.321 e. The Hall–Kier alpha value is -3.83. The molecule has 1 aliphatic heterocycles. The molecule has 0 spiro atoms. The highest BCUT2D eigenvalue weighted by atomic mass is 32.2. The van der Waals surface area contributed by atoms with E-state index in [1.165, 1.54) is 11.0 Å². The first-order valence-corrected chi connectivity index (χ1v) is 14.6. The summed E-state index contributed by atoms with van der Waals surface area (Å²) in [5, 5.41) is 14.7. The number of hydrogen-bond donors (Lipinski definition) is 3. The van der Waals surface area contributed by atoms with E-state index in [9.17, 15) is 23.1 Å². The molecule has 0 aromatic heterocycles. The van der Waals surface area contributed by atoms with Crippen LogP contribution in [0.15, 0.2) is 60.7 Å². The molecule has 3 aromatic carbocycles. The lowest BCUT2D eigenvalue weighted by atomic mass is 9.99. The molecule has 0 bridgehead atoms. The molecule has 1 aliphatic rings. The Kier molecular flexibility index (Phi) is 8.31. The molecule has 208 valence electrons. The van der Waals surface area contributed by atoms with Crippen molar-refractivity contribution in [2.75, 3.05) is 43.0 Å². The minimum atomic E-state index is -3.67. The fourth-order valence-corrected chi connectivity index (χ4v) is 5.20. The molecule has 0 aliphatic carbocycles. The molecule has 3 amide bonds. The van der Waals surface area contributed by atoms with Crippen molar-refractivity contribution in [1.29, 1.82) is 0 Å². The number of ether oxygens (including phenoxy) is 1. The molecule has 3 atom stereocenters. The number of carbonyl (C=O) groups is 2. The molecule has 0 saturated heterocycles. The van der Waals surface area contributed by atoms with Crippen molar-refractivity contribution < 1.29 is 27.9 Å². The van der Waals surface area contributed by atoms with Crippen molar-refractivity contribution >= 4 is 44.1 Å². The van der Waals surface area contributed by atoms with Gasteiger partial charge in [-0.2, -0.15) is 0 Å². The Bertz CT molecular complexity index is 1470. The number of nitrogens with zero attached hydrogens (tertiary/aromatic N) is 2. The molecule has 0 unspecified atom stereocenters. The number of amides is 3. The normalized spacial score (nSPS) is 18.4. The predicted octanol–water partition coefficient (Wildman–Crippen LogP) is 3.60. The van der Waals surface area contributed by atoms with E-state index >= 15 is 0 Å². The largest absolute Gasteiger partial charge is 0.485 e. The fraction of sp³-hybridized carbons (Fsp3) is 0.357. The maximum absolute atomic E-state index is 13.5. The van der Waals surface area contributed by atoms with E-state index in [1.54, 1.807) is 31.0 Å². The molecule has 39 heavy (non-hydrogen) atoms. The molecule has 4 rings (SSSR count). The molecule has 1 heterocycles. The summed E-state index contributed by atoms with van der Waals surface area (Å²) in [6.45, 7) is 3.81. The number of sulfonamides is 1. The third kappa shape index (κ3) is 6.43. The smallest absolute Gasteiger partial charge is 0.321 e. The quantitative estimate of drug-likeness (QED) is 0.410. The van der Waals surface area contributed by atoms with Crippen molar-refractivity contribution in [1.82, 2.24) is 9.80 Å². The van der Waals surface area contributed by atoms with Crippen LogP contribution in [0.1, 0.15) is 24.2 Å². The Morgan fingerprint density at radius 1 is 1.13 bits per heavy atom. The van der Waals surface area contributed by atoms with Crippen LogP contribution in [0.2, 0.25) is 0 Å². The van der Waals surface area contributed by atoms with Crippen molar-refractivity contribution in [3.8, 4) is 5.75 Å². The van der Waals surface area contributed by atoms with Gasteiger partial charge in [-0.3, -0.25) is 9.52 Å². The number of anilines is 2. The van der Waals surface area contributed by atoms with Gasteiger partial charge in [0.25, 0.3) is 5.91 Å². The minimum absolute atomic E-state index is 0.0856. The van der Waals surface area contributed by atoms with Crippen LogP contribution < -0.4 is 14.8 Å². The van der Waals surface area contributed by atoms with Crippen molar-refractivity contribution in [2.45, 2.75) is 26.0 Å². The number of aliphatic hydroxyl groups is 1. The van der Waals surface area contributed by atoms with E-state index in [4.69, 9.17) is 4.74 Å². The van der Waals surface area contributed by atoms with Gasteiger partial charge in [-0.15, -0.1) is 0 Å². The summed E-state index contributed by atoms with van der Waals surface area (Å²) in [5.41, 5.74) is 0.973. The summed E-state index contributed by atoms with van der Waals surface area (Å²) < 4.78 is 32.9. The van der Waals surface area contributed by atoms with Crippen LogP contribution >= 0.6 is 0 Å². The lowest BCUT2D eigenvalue weighted by Crippen LogP contribution is -2.50. The van der Waals surface area contributed by atoms with Gasteiger partial charge in [0.1, 0.15) is 6.10 Å². The zero-order valence-corrected chi connectivity index (χ0v) is 23.2. The Morgan fingerprint density at radius 3 is 2.51 bits per heavy atom. The first-order valence-electron chi connectivity index (χ1n) is 12.7. The number of carbonyl (C=O) groups excluding carboxylic acids is 2. The first kappa shape index (κ1) is 28.2. The van der Waals surface area contributed by atoms with Crippen molar-refractivity contribution in [3.63, 3.8) is 0 Å². The van der Waals surface area contributed by atoms with Crippen LogP contribution in [0, 0.1) is 5.92 Å². The summed E-state index contributed by atoms with van der Waals surface area (Å²) in [6.07, 6.45) is 0.416. The molecule has 11 heteroatoms. The summed E-state index contributed by atoms with van der Waals surface area (Å²) in [5.74, 6) is -0.561. The Labute approximate surface area is 228 Å². The van der Waals surface area contributed by atoms with Gasteiger partial charge in [0, 0.05) is 24.9 Å². The van der Waals surface area contributed by atoms with Gasteiger partial charge in [-0.05, 0) is 30.5 Å². The SMILES string of the molecule is C[C@@H]1CN([C@@H](C)CO)C(=O)c2cccc(NS(C)(=O)=O)c2O[C@@H]1CN(C)C(=O)Nc1cccc2ccccc12. The molecule has 0 radical (unpaired) electrons. The number of rotatable bonds is 7. The van der Waals surface area contributed by atoms with Crippen molar-refractivity contribution in [3.05, 3.63) is 66.2 Å². The van der Waals surface area contributed by atoms with Crippen LogP contribution in [0.3, 0.4) is 0 Å². The molecule has 0 saturated carbocycles. The van der Waals surface area contributed by atoms with E-state index < -0.39 is 22.2 Å². The summed E-state index contributed by atoms with van der Waals surface area (Å²) in [4.78, 5) is 29.8. The first-order chi connectivity index (χ1) is 18.5. The molecule has 0 fully saturated rings. The second kappa shape index (κ2) is 11.5. The second-order valence-electron chi connectivity index (χ2n) is 10.0. The van der Waals surface area contributed by atoms with Gasteiger partial charge in [0.15, 0.2) is 5.75 Å². The summed E-state index contributed by atoms with van der Waals surface area (Å²) in [6, 6.07) is 17.3. The second-order valence-corrected chi connectivity index (χ2v) is 11.8. The summed E-state index contributed by atoms with van der Waals surface area (Å²) >= 11 is 0. The Morgan fingerprint density at radius 2 is 1.79 bits per heavy atom. The number of nitrogens with one attached hydrogen (secondary N) is 2. The van der Waals surface area contributed by atoms with Gasteiger partial charge in [0.2, 0.25) is 10.0 Å². The van der Waals surface area contributed by atoms with Crippen LogP contribution in [-0.2, 0) is 10.0 Å². The lowest BCUT2D eigenvalue weighted by molar-refractivity contribution is 0.0373. The summed E-state index contributed by atoms with van der Waals surface area (Å²) in [7, 11) is -2.02. The maximum atomic E-state index is 13.5. The lowest BCUT2D eigenvalue weighted by Gasteiger charge is -2.38. The van der Waals surface area contributed by atoms with Crippen LogP contribution in [0.5, 0.6) is 5.75 Å². The number of urea groups is 1. The third-order valence-corrected chi connectivity index (χ3v) is 7.41. The molecule has 3 N–H and O–H groups in total. The third-order valence-electron chi connectivity index (χ3n) is 6.82. The minimum Gasteiger partial charge on any atom is -0.485 e. The van der Waals surface area contributed by atoms with Gasteiger partial charge in [-0.25, -0.2) is 13.2 Å². The highest BCUT2D eigenvalue weighted by molar-refractivity contribution is 7.92. The van der Waals surface area contributed by atoms with Crippen molar-refractivity contribution in [2.24, 2.45) is 5.92 Å². The van der Waals surface area contributed by atoms with E-state index in [0.717, 1.165) is 17.0 Å². The molecule has 10 nitrogen and oxygen atoms in total. The van der Waals surface area contributed by atoms with E-state index in [-0.39, 0.29) is 54.6 Å². The average Bonchev–Trinajstić information content (AvgIpc) is 2.89. The zero-order valence-electron chi connectivity index (χ0n) is 22.4. The molecule has 3 aromatic rings. The number of fused-ring (bicyclic) bond motifs is 2. The van der Waals surface area contributed by atoms with Gasteiger partial charge in [0.05, 0.1) is 42.4 Å². The highest BCUT2D eigenvalue weighted by Crippen LogP contribution is 2.35. The number of benzene rings is 3. The average molecular weight is 555 g/mol. The van der Waals surface area contributed by atoms with Crippen LogP contribution in [0.25, 0.3) is 10.8 Å². The predicted molar refractivity (Wildman–Crippen MR) is 152 cm³/mol. The standard InChI is InChI=1S/C28H34N4O6S/c1-18-15-32(19(2)17-33)27(34)22-12-8-14-24(30-39(4,36)37)26(22)38-25(18)16-31(3)28(35)29-23-13-7-10-20-9-5-6-11-21(20)23/h5-14,18-19,25,30,33H,15-17H2,1-4H3,(H,29,35)/t18-,19+,25-/m1/s1. The van der Waals surface area contributed by atoms with Crippen LogP contribution in [-0.4, -0.2) is 80.4 Å². The van der Waals surface area contributed by atoms with Gasteiger partial charge < -0.3 is 25.0 Å². The number of para-hydroxylation sites is 1. The topological polar surface area (TPSA) is 128 Å². The fourth-order valence-electron chi connectivity index (χ4n) is 4.64. The van der Waals surface area contributed by atoms with E-state index in [0.29, 0.717) is 5.69 Å². The van der Waals surface area contributed by atoms with Gasteiger partial charge in [-0.1, -0.05) is 49.4 Å².